The van der Waals surface area contributed by atoms with Crippen molar-refractivity contribution >= 4 is 28.1 Å². The summed E-state index contributed by atoms with van der Waals surface area (Å²) >= 11 is 3.50. The predicted molar refractivity (Wildman–Crippen MR) is 101 cm³/mol. The van der Waals surface area contributed by atoms with E-state index in [-0.39, 0.29) is 11.7 Å². The van der Waals surface area contributed by atoms with Gasteiger partial charge in [-0.05, 0) is 57.2 Å². The maximum Gasteiger partial charge on any atom is 0.307 e. The summed E-state index contributed by atoms with van der Waals surface area (Å²) < 4.78 is 8.43. The van der Waals surface area contributed by atoms with Crippen molar-refractivity contribution in [3.63, 3.8) is 0 Å². The molecule has 6 heteroatoms. The van der Waals surface area contributed by atoms with E-state index in [1.807, 2.05) is 38.1 Å². The van der Waals surface area contributed by atoms with Gasteiger partial charge in [-0.25, -0.2) is 5.43 Å². The van der Waals surface area contributed by atoms with E-state index >= 15 is 0 Å². The zero-order valence-corrected chi connectivity index (χ0v) is 15.8. The highest BCUT2D eigenvalue weighted by atomic mass is 79.9. The third-order valence-electron chi connectivity index (χ3n) is 3.87. The molecule has 0 bridgehead atoms. The van der Waals surface area contributed by atoms with Crippen molar-refractivity contribution in [3.05, 3.63) is 75.4 Å². The van der Waals surface area contributed by atoms with Crippen LogP contribution < -0.4 is 5.43 Å². The average molecular weight is 400 g/mol. The van der Waals surface area contributed by atoms with E-state index in [0.29, 0.717) is 5.76 Å². The number of nitrogens with one attached hydrogen (secondary N) is 1. The molecule has 0 saturated carbocycles. The highest BCUT2D eigenvalue weighted by molar-refractivity contribution is 9.10. The predicted octanol–water partition coefficient (Wildman–Crippen LogP) is 4.52. The number of aromatic nitrogens is 1. The molecule has 1 amide bonds. The number of hydrazone groups is 1. The lowest BCUT2D eigenvalue weighted by molar-refractivity contribution is 0.0926. The third kappa shape index (κ3) is 3.74. The largest absolute Gasteiger partial charge is 0.456 e. The maximum atomic E-state index is 11.9. The van der Waals surface area contributed by atoms with Crippen molar-refractivity contribution in [3.8, 4) is 5.69 Å². The summed E-state index contributed by atoms with van der Waals surface area (Å²) in [6.45, 7) is 5.85. The van der Waals surface area contributed by atoms with Gasteiger partial charge in [-0.15, -0.1) is 0 Å². The molecule has 2 aromatic heterocycles. The molecule has 1 aromatic carbocycles. The molecule has 0 aliphatic carbocycles. The van der Waals surface area contributed by atoms with Crippen LogP contribution in [0.3, 0.4) is 0 Å². The van der Waals surface area contributed by atoms with Crippen molar-refractivity contribution < 1.29 is 9.21 Å². The van der Waals surface area contributed by atoms with Crippen LogP contribution in [0.25, 0.3) is 5.69 Å². The lowest BCUT2D eigenvalue weighted by Gasteiger charge is -2.09. The van der Waals surface area contributed by atoms with Crippen LogP contribution in [0.1, 0.15) is 33.3 Å². The fraction of sp³-hybridized carbons (Fsp3) is 0.158. The topological polar surface area (TPSA) is 59.5 Å². The van der Waals surface area contributed by atoms with Gasteiger partial charge in [0.05, 0.1) is 6.21 Å². The number of hydrogen-bond acceptors (Lipinski definition) is 3. The van der Waals surface area contributed by atoms with Gasteiger partial charge in [-0.3, -0.25) is 4.79 Å². The molecule has 1 N–H and O–H groups in total. The molecule has 2 heterocycles. The number of furan rings is 1. The minimum Gasteiger partial charge on any atom is -0.456 e. The molecule has 0 spiro atoms. The average Bonchev–Trinajstić information content (AvgIpc) is 3.11. The van der Waals surface area contributed by atoms with E-state index in [4.69, 9.17) is 4.42 Å². The molecule has 0 unspecified atom stereocenters. The first-order chi connectivity index (χ1) is 12.0. The molecule has 3 rings (SSSR count). The first kappa shape index (κ1) is 17.2. The fourth-order valence-corrected chi connectivity index (χ4v) is 3.09. The molecule has 0 atom stereocenters. The van der Waals surface area contributed by atoms with E-state index in [1.54, 1.807) is 25.3 Å². The van der Waals surface area contributed by atoms with Crippen LogP contribution in [0.2, 0.25) is 0 Å². The molecule has 5 nitrogen and oxygen atoms in total. The molecule has 0 aliphatic heterocycles. The van der Waals surface area contributed by atoms with E-state index < -0.39 is 0 Å². The molecule has 0 saturated heterocycles. The summed E-state index contributed by atoms with van der Waals surface area (Å²) in [7, 11) is 0. The summed E-state index contributed by atoms with van der Waals surface area (Å²) in [5.74, 6) is 0.561. The van der Waals surface area contributed by atoms with Crippen molar-refractivity contribution in [2.24, 2.45) is 5.10 Å². The van der Waals surface area contributed by atoms with Crippen LogP contribution >= 0.6 is 15.9 Å². The Hall–Kier alpha value is -2.60. The maximum absolute atomic E-state index is 11.9. The van der Waals surface area contributed by atoms with E-state index in [2.05, 4.69) is 37.1 Å². The lowest BCUT2D eigenvalue weighted by atomic mass is 10.2. The molecule has 3 aromatic rings. The van der Waals surface area contributed by atoms with Crippen molar-refractivity contribution in [1.29, 1.82) is 0 Å². The number of hydrogen-bond donors (Lipinski definition) is 1. The number of amides is 1. The Kier molecular flexibility index (Phi) is 4.90. The van der Waals surface area contributed by atoms with Gasteiger partial charge in [0.25, 0.3) is 0 Å². The van der Waals surface area contributed by atoms with Crippen molar-refractivity contribution in [2.45, 2.75) is 20.8 Å². The Balaban J connectivity index is 1.80. The quantitative estimate of drug-likeness (QED) is 0.517. The minimum absolute atomic E-state index is 0.245. The van der Waals surface area contributed by atoms with Crippen molar-refractivity contribution in [1.82, 2.24) is 9.99 Å². The number of halogens is 1. The van der Waals surface area contributed by atoms with Crippen LogP contribution in [0.5, 0.6) is 0 Å². The number of aryl methyl sites for hydroxylation is 2. The Bertz CT molecular complexity index is 953. The number of nitrogens with zero attached hydrogens (tertiary/aromatic N) is 2. The SMILES string of the molecule is Cc1ccc(C(=O)N/N=C\c2cc(C)n(-c3cccc(Br)c3)c2C)o1. The zero-order valence-electron chi connectivity index (χ0n) is 14.2. The molecule has 25 heavy (non-hydrogen) atoms. The van der Waals surface area contributed by atoms with Gasteiger partial charge in [0, 0.05) is 27.1 Å². The van der Waals surface area contributed by atoms with Gasteiger partial charge in [0.1, 0.15) is 5.76 Å². The molecule has 0 aliphatic rings. The number of carbonyl (C=O) groups excluding carboxylic acids is 1. The van der Waals surface area contributed by atoms with Gasteiger partial charge in [-0.2, -0.15) is 5.10 Å². The van der Waals surface area contributed by atoms with Crippen LogP contribution in [0.15, 0.2) is 56.5 Å². The Morgan fingerprint density at radius 3 is 2.68 bits per heavy atom. The second-order valence-corrected chi connectivity index (χ2v) is 6.67. The monoisotopic (exact) mass is 399 g/mol. The van der Waals surface area contributed by atoms with Crippen LogP contribution in [-0.2, 0) is 0 Å². The van der Waals surface area contributed by atoms with E-state index in [0.717, 1.165) is 27.1 Å². The van der Waals surface area contributed by atoms with Gasteiger partial charge >= 0.3 is 5.91 Å². The zero-order chi connectivity index (χ0) is 18.0. The lowest BCUT2D eigenvalue weighted by Crippen LogP contribution is -2.16. The number of rotatable bonds is 4. The smallest absolute Gasteiger partial charge is 0.307 e. The second kappa shape index (κ2) is 7.11. The Morgan fingerprint density at radius 1 is 1.20 bits per heavy atom. The van der Waals surface area contributed by atoms with Crippen LogP contribution in [-0.4, -0.2) is 16.7 Å². The number of carbonyl (C=O) groups is 1. The Morgan fingerprint density at radius 2 is 2.00 bits per heavy atom. The van der Waals surface area contributed by atoms with Gasteiger partial charge < -0.3 is 8.98 Å². The van der Waals surface area contributed by atoms with Crippen LogP contribution in [0.4, 0.5) is 0 Å². The fourth-order valence-electron chi connectivity index (χ4n) is 2.70. The van der Waals surface area contributed by atoms with Crippen LogP contribution in [0, 0.1) is 20.8 Å². The molecular formula is C19H18BrN3O2. The third-order valence-corrected chi connectivity index (χ3v) is 4.36. The first-order valence-electron chi connectivity index (χ1n) is 7.80. The molecule has 0 radical (unpaired) electrons. The molecular weight excluding hydrogens is 382 g/mol. The molecule has 0 fully saturated rings. The normalized spacial score (nSPS) is 11.2. The van der Waals surface area contributed by atoms with E-state index in [1.165, 1.54) is 0 Å². The summed E-state index contributed by atoms with van der Waals surface area (Å²) in [5.41, 5.74) is 6.62. The Labute approximate surface area is 154 Å². The summed E-state index contributed by atoms with van der Waals surface area (Å²) in [4.78, 5) is 11.9. The van der Waals surface area contributed by atoms with Gasteiger partial charge in [-0.1, -0.05) is 22.0 Å². The second-order valence-electron chi connectivity index (χ2n) is 5.75. The molecule has 128 valence electrons. The summed E-state index contributed by atoms with van der Waals surface area (Å²) in [5, 5.41) is 4.05. The first-order valence-corrected chi connectivity index (χ1v) is 8.60. The number of benzene rings is 1. The minimum atomic E-state index is -0.370. The van der Waals surface area contributed by atoms with Crippen molar-refractivity contribution in [2.75, 3.05) is 0 Å². The van der Waals surface area contributed by atoms with Gasteiger partial charge in [0.15, 0.2) is 5.76 Å². The summed E-state index contributed by atoms with van der Waals surface area (Å²) in [6, 6.07) is 13.5. The summed E-state index contributed by atoms with van der Waals surface area (Å²) in [6.07, 6.45) is 1.64. The standard InChI is InChI=1S/C19H18BrN3O2/c1-12-9-15(11-21-22-19(24)18-8-7-13(2)25-18)14(3)23(12)17-6-4-5-16(20)10-17/h4-11H,1-3H3,(H,22,24)/b21-11-. The highest BCUT2D eigenvalue weighted by Gasteiger charge is 2.11. The van der Waals surface area contributed by atoms with Gasteiger partial charge in [0.2, 0.25) is 0 Å². The highest BCUT2D eigenvalue weighted by Crippen LogP contribution is 2.22. The van der Waals surface area contributed by atoms with E-state index in [9.17, 15) is 4.79 Å².